The lowest BCUT2D eigenvalue weighted by atomic mass is 9.33. The minimum atomic E-state index is -1.91. The molecule has 9 rings (SSSR count). The Hall–Kier alpha value is -1.63. The fourth-order valence-electron chi connectivity index (χ4n) is 16.2. The zero-order valence-corrected chi connectivity index (χ0v) is 44.6. The number of ether oxygens (including phenoxy) is 8. The fourth-order valence-corrected chi connectivity index (χ4v) is 16.2. The molecule has 0 bridgehead atoms. The molecule has 18 unspecified atom stereocenters. The second-order valence-corrected chi connectivity index (χ2v) is 25.9. The number of fused-ring (bicyclic) bond motifs is 7. The van der Waals surface area contributed by atoms with E-state index in [1.54, 1.807) is 0 Å². The van der Waals surface area contributed by atoms with E-state index in [2.05, 4.69) is 40.7 Å². The van der Waals surface area contributed by atoms with Crippen molar-refractivity contribution in [2.75, 3.05) is 26.4 Å². The van der Waals surface area contributed by atoms with E-state index < -0.39 is 171 Å². The van der Waals surface area contributed by atoms with Gasteiger partial charge in [0.15, 0.2) is 18.9 Å². The summed E-state index contributed by atoms with van der Waals surface area (Å²) in [6, 6.07) is 0. The van der Waals surface area contributed by atoms with Crippen LogP contribution in [0.3, 0.4) is 0 Å². The van der Waals surface area contributed by atoms with E-state index in [0.29, 0.717) is 44.9 Å². The van der Waals surface area contributed by atoms with Crippen LogP contribution in [0.25, 0.3) is 0 Å². The molecule has 0 radical (unpaired) electrons. The zero-order valence-electron chi connectivity index (χ0n) is 44.6. The van der Waals surface area contributed by atoms with Gasteiger partial charge >= 0.3 is 5.97 Å². The molecule has 4 saturated carbocycles. The standard InChI is InChI=1S/C53H86O23/c1-22-40(74-45-37(64)34(61)32(59)27(18-54)72-45)41(75-43-36(63)31(58)26(57)19-69-43)39(66)44(71-22)70-20-28-33(60)35(62)38(65)46(73-28)76-47(68)53-14-12-48(2,3)16-24(53)23-8-9-30-49(4)17-25(56)42(67)50(5,21-55)29(49)10-11-52(30,7)51(23,6)13-15-53/h8,22,24-46,54-67H,9-21H2,1-7H3/t22-,24?,25?,26?,27?,28?,29?,30?,31?,32?,33?,34?,35?,36?,37?,38?,39+,40-,41-,42-,43?,44+,45?,46?,49-,50-,51+,52+,53-/m0/s1. The third-order valence-electron chi connectivity index (χ3n) is 21.1. The van der Waals surface area contributed by atoms with Crippen LogP contribution >= 0.6 is 0 Å². The molecule has 0 amide bonds. The van der Waals surface area contributed by atoms with Crippen molar-refractivity contribution in [2.24, 2.45) is 50.2 Å². The van der Waals surface area contributed by atoms with Crippen LogP contribution in [0.15, 0.2) is 11.6 Å². The molecule has 4 saturated heterocycles. The van der Waals surface area contributed by atoms with Crippen LogP contribution in [0.2, 0.25) is 0 Å². The van der Waals surface area contributed by atoms with Gasteiger partial charge in [-0.25, -0.2) is 0 Å². The molecule has 23 nitrogen and oxygen atoms in total. The molecule has 76 heavy (non-hydrogen) atoms. The molecule has 4 heterocycles. The smallest absolute Gasteiger partial charge is 0.315 e. The largest absolute Gasteiger partial charge is 0.432 e. The minimum absolute atomic E-state index is 0.0325. The number of allylic oxidation sites excluding steroid dienone is 2. The number of hydrogen-bond donors (Lipinski definition) is 14. The lowest BCUT2D eigenvalue weighted by Crippen LogP contribution is -2.68. The van der Waals surface area contributed by atoms with Crippen LogP contribution in [0, 0.1) is 50.2 Å². The summed E-state index contributed by atoms with van der Waals surface area (Å²) < 4.78 is 47.2. The van der Waals surface area contributed by atoms with Crippen molar-refractivity contribution < 1.29 is 114 Å². The van der Waals surface area contributed by atoms with E-state index in [1.165, 1.54) is 12.5 Å². The fraction of sp³-hybridized carbons (Fsp3) is 0.943. The van der Waals surface area contributed by atoms with Gasteiger partial charge in [0.1, 0.15) is 85.5 Å². The van der Waals surface area contributed by atoms with Gasteiger partial charge in [0.2, 0.25) is 6.29 Å². The molecule has 14 N–H and O–H groups in total. The molecular weight excluding hydrogens is 1000 g/mol. The van der Waals surface area contributed by atoms with Crippen LogP contribution in [0.4, 0.5) is 0 Å². The Bertz CT molecular complexity index is 2100. The molecule has 0 spiro atoms. The summed E-state index contributed by atoms with van der Waals surface area (Å²) in [4.78, 5) is 15.1. The van der Waals surface area contributed by atoms with Crippen LogP contribution in [0.1, 0.15) is 106 Å². The molecule has 23 heteroatoms. The first-order valence-corrected chi connectivity index (χ1v) is 27.3. The predicted octanol–water partition coefficient (Wildman–Crippen LogP) is -2.43. The topological polar surface area (TPSA) is 374 Å². The molecule has 436 valence electrons. The number of carbonyl (C=O) groups is 1. The summed E-state index contributed by atoms with van der Waals surface area (Å²) in [6.45, 7) is 12.4. The van der Waals surface area contributed by atoms with Crippen molar-refractivity contribution in [2.45, 2.75) is 235 Å². The summed E-state index contributed by atoms with van der Waals surface area (Å²) in [5.41, 5.74) is -1.96. The lowest BCUT2D eigenvalue weighted by Gasteiger charge is -2.71. The van der Waals surface area contributed by atoms with Crippen molar-refractivity contribution in [3.05, 3.63) is 11.6 Å². The Labute approximate surface area is 442 Å². The highest BCUT2D eigenvalue weighted by atomic mass is 16.8. The van der Waals surface area contributed by atoms with Gasteiger partial charge < -0.3 is 109 Å². The van der Waals surface area contributed by atoms with Crippen LogP contribution in [-0.2, 0) is 42.7 Å². The van der Waals surface area contributed by atoms with Crippen LogP contribution in [0.5, 0.6) is 0 Å². The molecule has 8 fully saturated rings. The molecule has 9 aliphatic rings. The molecular formula is C53H86O23. The predicted molar refractivity (Wildman–Crippen MR) is 258 cm³/mol. The summed E-state index contributed by atoms with van der Waals surface area (Å²) >= 11 is 0. The SMILES string of the molecule is C[C@@H]1O[C@@H](OCC2OC(OC(=O)[C@]34CCC(C)(C)CC3C3=CCC5[C@@]6(C)CC(O)[C@H](O)[C@@](C)(CO)C6CC[C@@]5(C)[C@]3(C)CC4)C(O)C(O)C2O)[C@H](O)[C@H](OC2OCC(O)C(O)C2O)[C@H]1OC1OC(CO)C(O)C(O)C1O. The lowest BCUT2D eigenvalue weighted by molar-refractivity contribution is -0.381. The van der Waals surface area contributed by atoms with E-state index in [4.69, 9.17) is 37.9 Å². The van der Waals surface area contributed by atoms with E-state index in [9.17, 15) is 71.5 Å². The van der Waals surface area contributed by atoms with Gasteiger partial charge in [-0.2, -0.15) is 0 Å². The maximum atomic E-state index is 15.1. The highest BCUT2D eigenvalue weighted by molar-refractivity contribution is 5.79. The van der Waals surface area contributed by atoms with Gasteiger partial charge in [0.25, 0.3) is 0 Å². The second-order valence-electron chi connectivity index (χ2n) is 25.9. The number of aliphatic hydroxyl groups is 14. The first kappa shape index (κ1) is 59.0. The number of hydrogen-bond acceptors (Lipinski definition) is 23. The summed E-state index contributed by atoms with van der Waals surface area (Å²) in [5, 5.41) is 152. The Balaban J connectivity index is 0.926. The van der Waals surface area contributed by atoms with Crippen molar-refractivity contribution in [1.29, 1.82) is 0 Å². The van der Waals surface area contributed by atoms with Gasteiger partial charge in [-0.1, -0.05) is 53.2 Å². The Kier molecular flexibility index (Phi) is 16.5. The van der Waals surface area contributed by atoms with Crippen molar-refractivity contribution in [1.82, 2.24) is 0 Å². The van der Waals surface area contributed by atoms with Gasteiger partial charge in [0.05, 0.1) is 50.2 Å². The maximum absolute atomic E-state index is 15.1. The highest BCUT2D eigenvalue weighted by Crippen LogP contribution is 2.76. The quantitative estimate of drug-likeness (QED) is 0.0756. The van der Waals surface area contributed by atoms with Crippen LogP contribution in [-0.4, -0.2) is 233 Å². The molecule has 5 aliphatic carbocycles. The molecule has 0 aromatic heterocycles. The molecule has 0 aromatic rings. The van der Waals surface area contributed by atoms with Crippen molar-refractivity contribution in [3.8, 4) is 0 Å². The van der Waals surface area contributed by atoms with Gasteiger partial charge in [-0.05, 0) is 104 Å². The van der Waals surface area contributed by atoms with E-state index in [1.807, 2.05) is 6.92 Å². The average Bonchev–Trinajstić information content (AvgIpc) is 3.43. The Morgan fingerprint density at radius 1 is 0.632 bits per heavy atom. The van der Waals surface area contributed by atoms with Crippen molar-refractivity contribution >= 4 is 5.97 Å². The van der Waals surface area contributed by atoms with Gasteiger partial charge in [0, 0.05) is 5.41 Å². The van der Waals surface area contributed by atoms with Crippen molar-refractivity contribution in [3.63, 3.8) is 0 Å². The second kappa shape index (κ2) is 21.3. The Morgan fingerprint density at radius 2 is 1.25 bits per heavy atom. The number of aliphatic hydroxyl groups excluding tert-OH is 14. The minimum Gasteiger partial charge on any atom is -0.432 e. The van der Waals surface area contributed by atoms with E-state index in [0.717, 1.165) is 12.8 Å². The maximum Gasteiger partial charge on any atom is 0.315 e. The van der Waals surface area contributed by atoms with Crippen LogP contribution < -0.4 is 0 Å². The highest BCUT2D eigenvalue weighted by Gasteiger charge is 2.71. The summed E-state index contributed by atoms with van der Waals surface area (Å²) in [6.07, 6.45) is -26.4. The molecule has 0 aromatic carbocycles. The van der Waals surface area contributed by atoms with Gasteiger partial charge in [-0.15, -0.1) is 0 Å². The summed E-state index contributed by atoms with van der Waals surface area (Å²) in [7, 11) is 0. The van der Waals surface area contributed by atoms with E-state index >= 15 is 4.79 Å². The first-order valence-electron chi connectivity index (χ1n) is 27.3. The molecule has 4 aliphatic heterocycles. The van der Waals surface area contributed by atoms with E-state index in [-0.39, 0.29) is 40.6 Å². The normalized spacial score (nSPS) is 55.2. The molecule has 29 atom stereocenters. The number of esters is 1. The number of rotatable bonds is 11. The first-order chi connectivity index (χ1) is 35.5. The Morgan fingerprint density at radius 3 is 1.92 bits per heavy atom. The third-order valence-corrected chi connectivity index (χ3v) is 21.1. The summed E-state index contributed by atoms with van der Waals surface area (Å²) in [5.74, 6) is -0.823. The number of carbonyl (C=O) groups excluding carboxylic acids is 1. The zero-order chi connectivity index (χ0) is 55.6. The monoisotopic (exact) mass is 1090 g/mol. The third kappa shape index (κ3) is 9.46. The van der Waals surface area contributed by atoms with Gasteiger partial charge in [-0.3, -0.25) is 4.79 Å². The average molecular weight is 1090 g/mol.